The smallest absolute Gasteiger partial charge is 0.277 e. The molecule has 0 fully saturated rings. The number of ether oxygens (including phenoxy) is 3. The van der Waals surface area contributed by atoms with E-state index in [4.69, 9.17) is 30.2 Å². The number of carbonyl (C=O) groups excluding carboxylic acids is 1. The van der Waals surface area contributed by atoms with E-state index in [9.17, 15) is 4.79 Å². The van der Waals surface area contributed by atoms with E-state index in [-0.39, 0.29) is 22.8 Å². The summed E-state index contributed by atoms with van der Waals surface area (Å²) < 4.78 is 21.6. The molecule has 0 aliphatic heterocycles. The highest BCUT2D eigenvalue weighted by Crippen LogP contribution is 2.41. The average molecular weight is 436 g/mol. The highest BCUT2D eigenvalue weighted by molar-refractivity contribution is 7.99. The third kappa shape index (κ3) is 5.12. The Morgan fingerprint density at radius 2 is 1.72 bits per heavy atom. The van der Waals surface area contributed by atoms with Crippen LogP contribution in [0.4, 0.5) is 5.69 Å². The van der Waals surface area contributed by atoms with Crippen LogP contribution in [-0.4, -0.2) is 43.2 Å². The lowest BCUT2D eigenvalue weighted by Crippen LogP contribution is -2.13. The van der Waals surface area contributed by atoms with Gasteiger partial charge in [-0.3, -0.25) is 4.79 Å². The molecule has 10 heteroatoms. The zero-order valence-electron chi connectivity index (χ0n) is 15.9. The van der Waals surface area contributed by atoms with Crippen LogP contribution in [0.2, 0.25) is 5.02 Å². The van der Waals surface area contributed by atoms with Crippen LogP contribution in [0, 0.1) is 0 Å². The number of thioether (sulfide) groups is 1. The number of hydrogen-bond donors (Lipinski definition) is 1. The minimum absolute atomic E-state index is 0.111. The molecular formula is C19H18ClN3O5S. The van der Waals surface area contributed by atoms with E-state index in [0.717, 1.165) is 11.8 Å². The van der Waals surface area contributed by atoms with Crippen molar-refractivity contribution in [2.75, 3.05) is 32.4 Å². The maximum absolute atomic E-state index is 12.1. The van der Waals surface area contributed by atoms with Crippen molar-refractivity contribution in [3.63, 3.8) is 0 Å². The minimum atomic E-state index is -0.204. The van der Waals surface area contributed by atoms with Gasteiger partial charge >= 0.3 is 0 Å². The molecule has 0 saturated heterocycles. The second-order valence-electron chi connectivity index (χ2n) is 5.63. The maximum atomic E-state index is 12.1. The van der Waals surface area contributed by atoms with Gasteiger partial charge in [-0.05, 0) is 36.4 Å². The molecule has 0 bridgehead atoms. The molecule has 1 N–H and O–H groups in total. The van der Waals surface area contributed by atoms with E-state index in [1.54, 1.807) is 36.4 Å². The van der Waals surface area contributed by atoms with Crippen molar-refractivity contribution in [3.8, 4) is 28.7 Å². The van der Waals surface area contributed by atoms with Crippen molar-refractivity contribution >= 4 is 35.0 Å². The normalized spacial score (nSPS) is 10.5. The van der Waals surface area contributed by atoms with Crippen LogP contribution in [-0.2, 0) is 4.79 Å². The average Bonchev–Trinajstić information content (AvgIpc) is 3.22. The summed E-state index contributed by atoms with van der Waals surface area (Å²) in [7, 11) is 4.57. The summed E-state index contributed by atoms with van der Waals surface area (Å²) in [5, 5.41) is 11.6. The molecular weight excluding hydrogens is 418 g/mol. The number of benzene rings is 2. The molecule has 0 radical (unpaired) electrons. The summed E-state index contributed by atoms with van der Waals surface area (Å²) in [4.78, 5) is 12.1. The standard InChI is InChI=1S/C19H18ClN3O5S/c1-25-14-8-11(9-15(26-2)17(14)27-3)18-22-23-19(28-18)29-10-16(24)21-13-6-4-12(20)5-7-13/h4-9H,10H2,1-3H3,(H,21,24). The Morgan fingerprint density at radius 3 is 2.31 bits per heavy atom. The van der Waals surface area contributed by atoms with Gasteiger partial charge in [-0.2, -0.15) is 0 Å². The lowest BCUT2D eigenvalue weighted by atomic mass is 10.2. The Bertz CT molecular complexity index is 969. The van der Waals surface area contributed by atoms with Crippen LogP contribution >= 0.6 is 23.4 Å². The van der Waals surface area contributed by atoms with Crippen LogP contribution in [0.25, 0.3) is 11.5 Å². The number of amides is 1. The van der Waals surface area contributed by atoms with Crippen LogP contribution in [0.1, 0.15) is 0 Å². The molecule has 1 aromatic heterocycles. The highest BCUT2D eigenvalue weighted by atomic mass is 35.5. The molecule has 29 heavy (non-hydrogen) atoms. The molecule has 0 aliphatic carbocycles. The molecule has 8 nitrogen and oxygen atoms in total. The fourth-order valence-corrected chi connectivity index (χ4v) is 3.14. The summed E-state index contributed by atoms with van der Waals surface area (Å²) in [5.41, 5.74) is 1.26. The number of nitrogens with zero attached hydrogens (tertiary/aromatic N) is 2. The van der Waals surface area contributed by atoms with Gasteiger partial charge in [0, 0.05) is 16.3 Å². The number of carbonyl (C=O) groups is 1. The molecule has 0 unspecified atom stereocenters. The van der Waals surface area contributed by atoms with E-state index in [0.29, 0.717) is 33.5 Å². The van der Waals surface area contributed by atoms with E-state index >= 15 is 0 Å². The number of aromatic nitrogens is 2. The van der Waals surface area contributed by atoms with Crippen molar-refractivity contribution in [2.45, 2.75) is 5.22 Å². The molecule has 3 rings (SSSR count). The third-order valence-corrected chi connectivity index (χ3v) is 4.84. The molecule has 3 aromatic rings. The second kappa shape index (κ2) is 9.53. The van der Waals surface area contributed by atoms with Gasteiger partial charge in [0.25, 0.3) is 5.22 Å². The number of halogens is 1. The Kier molecular flexibility index (Phi) is 6.84. The number of methoxy groups -OCH3 is 3. The molecule has 2 aromatic carbocycles. The van der Waals surface area contributed by atoms with Gasteiger partial charge in [0.15, 0.2) is 11.5 Å². The summed E-state index contributed by atoms with van der Waals surface area (Å²) in [5.74, 6) is 1.58. The first-order valence-electron chi connectivity index (χ1n) is 8.36. The zero-order chi connectivity index (χ0) is 20.8. The van der Waals surface area contributed by atoms with Crippen molar-refractivity contribution in [2.24, 2.45) is 0 Å². The van der Waals surface area contributed by atoms with Crippen molar-refractivity contribution in [3.05, 3.63) is 41.4 Å². The second-order valence-corrected chi connectivity index (χ2v) is 6.99. The number of hydrogen-bond acceptors (Lipinski definition) is 8. The Hall–Kier alpha value is -2.91. The van der Waals surface area contributed by atoms with E-state index in [1.165, 1.54) is 21.3 Å². The quantitative estimate of drug-likeness (QED) is 0.527. The minimum Gasteiger partial charge on any atom is -0.493 e. The van der Waals surface area contributed by atoms with E-state index < -0.39 is 0 Å². The van der Waals surface area contributed by atoms with Crippen LogP contribution < -0.4 is 19.5 Å². The topological polar surface area (TPSA) is 95.7 Å². The molecule has 152 valence electrons. The summed E-state index contributed by atoms with van der Waals surface area (Å²) >= 11 is 6.96. The van der Waals surface area contributed by atoms with Gasteiger partial charge in [0.1, 0.15) is 0 Å². The molecule has 1 heterocycles. The fraction of sp³-hybridized carbons (Fsp3) is 0.211. The number of nitrogens with one attached hydrogen (secondary N) is 1. The fourth-order valence-electron chi connectivity index (χ4n) is 2.45. The largest absolute Gasteiger partial charge is 0.493 e. The predicted molar refractivity (Wildman–Crippen MR) is 110 cm³/mol. The van der Waals surface area contributed by atoms with Crippen molar-refractivity contribution < 1.29 is 23.4 Å². The van der Waals surface area contributed by atoms with Crippen molar-refractivity contribution in [1.29, 1.82) is 0 Å². The molecule has 0 atom stereocenters. The predicted octanol–water partition coefficient (Wildman–Crippen LogP) is 4.15. The maximum Gasteiger partial charge on any atom is 0.277 e. The first-order chi connectivity index (χ1) is 14.0. The van der Waals surface area contributed by atoms with Crippen molar-refractivity contribution in [1.82, 2.24) is 10.2 Å². The van der Waals surface area contributed by atoms with Gasteiger partial charge in [-0.1, -0.05) is 23.4 Å². The van der Waals surface area contributed by atoms with Gasteiger partial charge in [0.05, 0.1) is 27.1 Å². The Balaban J connectivity index is 1.67. The molecule has 0 aliphatic rings. The number of rotatable bonds is 8. The third-order valence-electron chi connectivity index (χ3n) is 3.77. The van der Waals surface area contributed by atoms with Gasteiger partial charge in [-0.25, -0.2) is 0 Å². The lowest BCUT2D eigenvalue weighted by Gasteiger charge is -2.12. The summed E-state index contributed by atoms with van der Waals surface area (Å²) in [6, 6.07) is 10.3. The SMILES string of the molecule is COc1cc(-c2nnc(SCC(=O)Nc3ccc(Cl)cc3)o2)cc(OC)c1OC. The van der Waals surface area contributed by atoms with Crippen LogP contribution in [0.3, 0.4) is 0 Å². The first kappa shape index (κ1) is 20.8. The summed E-state index contributed by atoms with van der Waals surface area (Å²) in [6.07, 6.45) is 0. The Labute approximate surface area is 176 Å². The molecule has 0 spiro atoms. The van der Waals surface area contributed by atoms with Gasteiger partial charge < -0.3 is 23.9 Å². The molecule has 1 amide bonds. The summed E-state index contributed by atoms with van der Waals surface area (Å²) in [6.45, 7) is 0. The van der Waals surface area contributed by atoms with Crippen LogP contribution in [0.15, 0.2) is 46.0 Å². The monoisotopic (exact) mass is 435 g/mol. The van der Waals surface area contributed by atoms with E-state index in [2.05, 4.69) is 15.5 Å². The zero-order valence-corrected chi connectivity index (χ0v) is 17.5. The first-order valence-corrected chi connectivity index (χ1v) is 9.72. The van der Waals surface area contributed by atoms with Crippen LogP contribution in [0.5, 0.6) is 17.2 Å². The van der Waals surface area contributed by atoms with E-state index in [1.807, 2.05) is 0 Å². The lowest BCUT2D eigenvalue weighted by molar-refractivity contribution is -0.113. The Morgan fingerprint density at radius 1 is 1.07 bits per heavy atom. The highest BCUT2D eigenvalue weighted by Gasteiger charge is 2.18. The molecule has 0 saturated carbocycles. The van der Waals surface area contributed by atoms with Gasteiger partial charge in [-0.15, -0.1) is 10.2 Å². The van der Waals surface area contributed by atoms with Gasteiger partial charge in [0.2, 0.25) is 17.5 Å². The number of anilines is 1.